The van der Waals surface area contributed by atoms with Crippen LogP contribution in [0.4, 0.5) is 5.82 Å². The van der Waals surface area contributed by atoms with E-state index in [2.05, 4.69) is 41.6 Å². The zero-order chi connectivity index (χ0) is 11.8. The molecule has 0 atom stereocenters. The summed E-state index contributed by atoms with van der Waals surface area (Å²) in [6.07, 6.45) is 4.37. The summed E-state index contributed by atoms with van der Waals surface area (Å²) in [5.74, 6) is 1.61. The minimum absolute atomic E-state index is 0.652. The van der Waals surface area contributed by atoms with Crippen molar-refractivity contribution in [3.8, 4) is 0 Å². The summed E-state index contributed by atoms with van der Waals surface area (Å²) in [5.41, 5.74) is 1.35. The number of hydrogen-bond donors (Lipinski definition) is 2. The second-order valence-electron chi connectivity index (χ2n) is 4.02. The van der Waals surface area contributed by atoms with E-state index in [-0.39, 0.29) is 0 Å². The lowest BCUT2D eigenvalue weighted by Crippen LogP contribution is -2.18. The smallest absolute Gasteiger partial charge is 0.125 e. The van der Waals surface area contributed by atoms with Gasteiger partial charge in [0.1, 0.15) is 5.82 Å². The molecule has 0 radical (unpaired) electrons. The molecule has 1 heterocycles. The zero-order valence-electron chi connectivity index (χ0n) is 10.6. The molecule has 0 spiro atoms. The molecule has 0 aliphatic rings. The van der Waals surface area contributed by atoms with Crippen LogP contribution in [0.1, 0.15) is 38.2 Å². The highest BCUT2D eigenvalue weighted by atomic mass is 15.0. The third-order valence-corrected chi connectivity index (χ3v) is 2.92. The lowest BCUT2D eigenvalue weighted by molar-refractivity contribution is 0.639. The number of nitrogens with one attached hydrogen (secondary N) is 2. The van der Waals surface area contributed by atoms with E-state index in [0.717, 1.165) is 18.9 Å². The van der Waals surface area contributed by atoms with Crippen molar-refractivity contribution >= 4 is 5.82 Å². The van der Waals surface area contributed by atoms with Crippen molar-refractivity contribution < 1.29 is 0 Å². The van der Waals surface area contributed by atoms with Gasteiger partial charge in [0, 0.05) is 19.3 Å². The van der Waals surface area contributed by atoms with Crippen LogP contribution in [0.15, 0.2) is 18.3 Å². The Morgan fingerprint density at radius 2 is 1.94 bits per heavy atom. The second kappa shape index (κ2) is 7.23. The predicted molar refractivity (Wildman–Crippen MR) is 70.0 cm³/mol. The van der Waals surface area contributed by atoms with E-state index >= 15 is 0 Å². The van der Waals surface area contributed by atoms with Crippen LogP contribution >= 0.6 is 0 Å². The average Bonchev–Trinajstić information content (AvgIpc) is 2.33. The quantitative estimate of drug-likeness (QED) is 0.695. The zero-order valence-corrected chi connectivity index (χ0v) is 10.6. The molecular formula is C13H23N3. The van der Waals surface area contributed by atoms with Crippen LogP contribution < -0.4 is 10.6 Å². The van der Waals surface area contributed by atoms with Gasteiger partial charge < -0.3 is 10.6 Å². The Bertz CT molecular complexity index is 278. The summed E-state index contributed by atoms with van der Waals surface area (Å²) in [7, 11) is 1.95. The molecule has 0 aliphatic carbocycles. The summed E-state index contributed by atoms with van der Waals surface area (Å²) in [6.45, 7) is 6.32. The molecule has 1 aromatic heterocycles. The molecule has 0 aromatic carbocycles. The molecule has 0 unspecified atom stereocenters. The number of hydrogen-bond acceptors (Lipinski definition) is 3. The Morgan fingerprint density at radius 3 is 2.44 bits per heavy atom. The number of likely N-dealkylation sites (N-methyl/N-ethyl adjacent to an activating group) is 1. The first-order valence-corrected chi connectivity index (χ1v) is 6.16. The molecule has 0 saturated carbocycles. The normalized spacial score (nSPS) is 10.8. The van der Waals surface area contributed by atoms with Gasteiger partial charge in [-0.15, -0.1) is 0 Å². The summed E-state index contributed by atoms with van der Waals surface area (Å²) in [6, 6.07) is 4.26. The van der Waals surface area contributed by atoms with E-state index < -0.39 is 0 Å². The maximum atomic E-state index is 4.43. The molecule has 16 heavy (non-hydrogen) atoms. The van der Waals surface area contributed by atoms with Crippen LogP contribution in [0.3, 0.4) is 0 Å². The number of pyridine rings is 1. The Balaban J connectivity index is 2.53. The largest absolute Gasteiger partial charge is 0.369 e. The maximum Gasteiger partial charge on any atom is 0.125 e. The first-order valence-electron chi connectivity index (χ1n) is 6.16. The molecule has 1 aromatic rings. The van der Waals surface area contributed by atoms with Gasteiger partial charge in [0.15, 0.2) is 0 Å². The SMILES string of the molecule is CCC(CC)c1ccc(NCCNC)nc1. The predicted octanol–water partition coefficient (Wildman–Crippen LogP) is 2.62. The molecule has 3 heteroatoms. The van der Waals surface area contributed by atoms with E-state index in [1.54, 1.807) is 0 Å². The second-order valence-corrected chi connectivity index (χ2v) is 4.02. The maximum absolute atomic E-state index is 4.43. The van der Waals surface area contributed by atoms with Gasteiger partial charge in [0.2, 0.25) is 0 Å². The van der Waals surface area contributed by atoms with Gasteiger partial charge in [-0.25, -0.2) is 4.98 Å². The summed E-state index contributed by atoms with van der Waals surface area (Å²) < 4.78 is 0. The Kier molecular flexibility index (Phi) is 5.86. The molecule has 3 nitrogen and oxygen atoms in total. The fourth-order valence-electron chi connectivity index (χ4n) is 1.83. The molecule has 0 saturated heterocycles. The number of anilines is 1. The van der Waals surface area contributed by atoms with Crippen molar-refractivity contribution in [1.29, 1.82) is 0 Å². The van der Waals surface area contributed by atoms with Gasteiger partial charge in [-0.1, -0.05) is 19.9 Å². The molecule has 0 fully saturated rings. The Morgan fingerprint density at radius 1 is 1.19 bits per heavy atom. The van der Waals surface area contributed by atoms with Crippen molar-refractivity contribution in [1.82, 2.24) is 10.3 Å². The van der Waals surface area contributed by atoms with E-state index in [1.807, 2.05) is 13.2 Å². The lowest BCUT2D eigenvalue weighted by Gasteiger charge is -2.13. The van der Waals surface area contributed by atoms with E-state index in [9.17, 15) is 0 Å². The number of nitrogens with zero attached hydrogens (tertiary/aromatic N) is 1. The van der Waals surface area contributed by atoms with Crippen molar-refractivity contribution in [2.75, 3.05) is 25.5 Å². The molecular weight excluding hydrogens is 198 g/mol. The third kappa shape index (κ3) is 3.81. The molecule has 0 amide bonds. The van der Waals surface area contributed by atoms with Crippen molar-refractivity contribution in [2.24, 2.45) is 0 Å². The third-order valence-electron chi connectivity index (χ3n) is 2.92. The molecule has 1 rings (SSSR count). The molecule has 0 aliphatic heterocycles. The molecule has 2 N–H and O–H groups in total. The average molecular weight is 221 g/mol. The molecule has 90 valence electrons. The Hall–Kier alpha value is -1.09. The van der Waals surface area contributed by atoms with Gasteiger partial charge >= 0.3 is 0 Å². The van der Waals surface area contributed by atoms with Crippen molar-refractivity contribution in [2.45, 2.75) is 32.6 Å². The van der Waals surface area contributed by atoms with Crippen LogP contribution in [0.5, 0.6) is 0 Å². The van der Waals surface area contributed by atoms with E-state index in [0.29, 0.717) is 5.92 Å². The highest BCUT2D eigenvalue weighted by molar-refractivity contribution is 5.36. The first kappa shape index (κ1) is 13.0. The molecule has 0 bridgehead atoms. The van der Waals surface area contributed by atoms with Gasteiger partial charge in [0.05, 0.1) is 0 Å². The van der Waals surface area contributed by atoms with Crippen molar-refractivity contribution in [3.63, 3.8) is 0 Å². The minimum Gasteiger partial charge on any atom is -0.369 e. The fraction of sp³-hybridized carbons (Fsp3) is 0.615. The van der Waals surface area contributed by atoms with Gasteiger partial charge in [-0.3, -0.25) is 0 Å². The summed E-state index contributed by atoms with van der Waals surface area (Å²) in [4.78, 5) is 4.43. The Labute approximate surface area is 98.7 Å². The summed E-state index contributed by atoms with van der Waals surface area (Å²) in [5, 5.41) is 6.37. The van der Waals surface area contributed by atoms with E-state index in [4.69, 9.17) is 0 Å². The van der Waals surface area contributed by atoms with Gasteiger partial charge in [-0.05, 0) is 37.4 Å². The van der Waals surface area contributed by atoms with Crippen LogP contribution in [-0.2, 0) is 0 Å². The number of aromatic nitrogens is 1. The van der Waals surface area contributed by atoms with Crippen LogP contribution in [-0.4, -0.2) is 25.1 Å². The highest BCUT2D eigenvalue weighted by Crippen LogP contribution is 2.22. The van der Waals surface area contributed by atoms with E-state index in [1.165, 1.54) is 18.4 Å². The standard InChI is InChI=1S/C13H23N3/c1-4-11(5-2)12-6-7-13(16-10-12)15-9-8-14-3/h6-7,10-11,14H,4-5,8-9H2,1-3H3,(H,15,16). The lowest BCUT2D eigenvalue weighted by atomic mass is 9.96. The van der Waals surface area contributed by atoms with Crippen LogP contribution in [0.2, 0.25) is 0 Å². The van der Waals surface area contributed by atoms with Gasteiger partial charge in [-0.2, -0.15) is 0 Å². The first-order chi connectivity index (χ1) is 7.81. The highest BCUT2D eigenvalue weighted by Gasteiger charge is 2.06. The topological polar surface area (TPSA) is 37.0 Å². The van der Waals surface area contributed by atoms with Crippen LogP contribution in [0, 0.1) is 0 Å². The monoisotopic (exact) mass is 221 g/mol. The fourth-order valence-corrected chi connectivity index (χ4v) is 1.83. The number of rotatable bonds is 7. The van der Waals surface area contributed by atoms with Crippen molar-refractivity contribution in [3.05, 3.63) is 23.9 Å². The minimum atomic E-state index is 0.652. The summed E-state index contributed by atoms with van der Waals surface area (Å²) >= 11 is 0. The van der Waals surface area contributed by atoms with Crippen LogP contribution in [0.25, 0.3) is 0 Å². The van der Waals surface area contributed by atoms with Gasteiger partial charge in [0.25, 0.3) is 0 Å².